The van der Waals surface area contributed by atoms with E-state index in [0.717, 1.165) is 16.7 Å². The molecule has 0 bridgehead atoms. The van der Waals surface area contributed by atoms with E-state index in [2.05, 4.69) is 26.6 Å². The van der Waals surface area contributed by atoms with Crippen molar-refractivity contribution in [3.05, 3.63) is 22.7 Å². The van der Waals surface area contributed by atoms with Crippen molar-refractivity contribution >= 4 is 33.2 Å². The van der Waals surface area contributed by atoms with E-state index in [9.17, 15) is 4.79 Å². The highest BCUT2D eigenvalue weighted by Crippen LogP contribution is 2.25. The summed E-state index contributed by atoms with van der Waals surface area (Å²) in [5, 5.41) is 14.2. The summed E-state index contributed by atoms with van der Waals surface area (Å²) in [4.78, 5) is 11.3. The van der Waals surface area contributed by atoms with Gasteiger partial charge in [-0.15, -0.1) is 0 Å². The predicted octanol–water partition coefficient (Wildman–Crippen LogP) is 2.73. The van der Waals surface area contributed by atoms with Crippen molar-refractivity contribution in [2.45, 2.75) is 13.3 Å². The molecule has 0 aromatic heterocycles. The van der Waals surface area contributed by atoms with Crippen LogP contribution >= 0.6 is 15.9 Å². The van der Waals surface area contributed by atoms with Gasteiger partial charge in [-0.1, -0.05) is 15.9 Å². The molecule has 1 rings (SSSR count). The van der Waals surface area contributed by atoms with E-state index in [1.54, 1.807) is 6.07 Å². The monoisotopic (exact) mass is 281 g/mol. The number of nitrogens with zero attached hydrogens (tertiary/aromatic N) is 1. The molecule has 2 N–H and O–H groups in total. The molecule has 0 fully saturated rings. The van der Waals surface area contributed by atoms with Crippen LogP contribution in [0.4, 0.5) is 11.4 Å². The molecule has 0 atom stereocenters. The fourth-order valence-electron chi connectivity index (χ4n) is 1.23. The van der Waals surface area contributed by atoms with Crippen LogP contribution in [0.3, 0.4) is 0 Å². The van der Waals surface area contributed by atoms with Crippen LogP contribution in [0.25, 0.3) is 0 Å². The SMILES string of the molecule is CCNc1ccc(Br)cc1NC(=O)CC#N. The van der Waals surface area contributed by atoms with Crippen molar-refractivity contribution in [3.8, 4) is 6.07 Å². The van der Waals surface area contributed by atoms with Crippen LogP contribution in [0.5, 0.6) is 0 Å². The first-order valence-electron chi connectivity index (χ1n) is 4.87. The largest absolute Gasteiger partial charge is 0.384 e. The summed E-state index contributed by atoms with van der Waals surface area (Å²) in [6.07, 6.45) is -0.141. The Labute approximate surface area is 103 Å². The number of halogens is 1. The number of rotatable bonds is 4. The summed E-state index contributed by atoms with van der Waals surface area (Å²) >= 11 is 3.33. The van der Waals surface area contributed by atoms with Crippen LogP contribution in [0.15, 0.2) is 22.7 Å². The summed E-state index contributed by atoms with van der Waals surface area (Å²) in [6, 6.07) is 7.37. The van der Waals surface area contributed by atoms with Gasteiger partial charge in [-0.3, -0.25) is 4.79 Å². The first-order chi connectivity index (χ1) is 7.67. The lowest BCUT2D eigenvalue weighted by atomic mass is 10.2. The zero-order valence-corrected chi connectivity index (χ0v) is 10.5. The minimum Gasteiger partial charge on any atom is -0.384 e. The van der Waals surface area contributed by atoms with Crippen molar-refractivity contribution in [2.75, 3.05) is 17.2 Å². The number of carbonyl (C=O) groups excluding carboxylic acids is 1. The van der Waals surface area contributed by atoms with Gasteiger partial charge in [0.05, 0.1) is 17.4 Å². The van der Waals surface area contributed by atoms with E-state index in [-0.39, 0.29) is 12.3 Å². The highest BCUT2D eigenvalue weighted by Gasteiger charge is 2.06. The van der Waals surface area contributed by atoms with Gasteiger partial charge in [0.2, 0.25) is 5.91 Å². The lowest BCUT2D eigenvalue weighted by Crippen LogP contribution is -2.12. The Morgan fingerprint density at radius 2 is 2.25 bits per heavy atom. The molecular formula is C11H12BrN3O. The molecule has 0 heterocycles. The second kappa shape index (κ2) is 6.13. The average molecular weight is 282 g/mol. The molecule has 1 aromatic rings. The number of carbonyl (C=O) groups is 1. The van der Waals surface area contributed by atoms with Gasteiger partial charge in [-0.25, -0.2) is 0 Å². The first-order valence-corrected chi connectivity index (χ1v) is 5.67. The number of nitrogens with one attached hydrogen (secondary N) is 2. The third-order valence-corrected chi connectivity index (χ3v) is 2.36. The van der Waals surface area contributed by atoms with Crippen molar-refractivity contribution in [3.63, 3.8) is 0 Å². The number of anilines is 2. The van der Waals surface area contributed by atoms with E-state index >= 15 is 0 Å². The Kier molecular flexibility index (Phi) is 4.80. The predicted molar refractivity (Wildman–Crippen MR) is 67.2 cm³/mol. The molecule has 0 aliphatic rings. The van der Waals surface area contributed by atoms with Crippen molar-refractivity contribution in [1.82, 2.24) is 0 Å². The number of benzene rings is 1. The molecule has 84 valence electrons. The number of hydrogen-bond donors (Lipinski definition) is 2. The van der Waals surface area contributed by atoms with E-state index in [4.69, 9.17) is 5.26 Å². The van der Waals surface area contributed by atoms with E-state index in [1.807, 2.05) is 25.1 Å². The van der Waals surface area contributed by atoms with Gasteiger partial charge in [-0.2, -0.15) is 5.26 Å². The fourth-order valence-corrected chi connectivity index (χ4v) is 1.59. The zero-order valence-electron chi connectivity index (χ0n) is 8.88. The Hall–Kier alpha value is -1.54. The Morgan fingerprint density at radius 3 is 2.88 bits per heavy atom. The summed E-state index contributed by atoms with van der Waals surface area (Å²) < 4.78 is 0.876. The molecule has 0 aliphatic carbocycles. The van der Waals surface area contributed by atoms with Crippen LogP contribution in [-0.2, 0) is 4.79 Å². The molecule has 1 aromatic carbocycles. The molecule has 0 saturated carbocycles. The minimum atomic E-state index is -0.306. The van der Waals surface area contributed by atoms with E-state index in [1.165, 1.54) is 0 Å². The molecular weight excluding hydrogens is 270 g/mol. The van der Waals surface area contributed by atoms with Crippen molar-refractivity contribution < 1.29 is 4.79 Å². The van der Waals surface area contributed by atoms with Gasteiger partial charge in [0.15, 0.2) is 0 Å². The van der Waals surface area contributed by atoms with Crippen LogP contribution in [0.2, 0.25) is 0 Å². The molecule has 5 heteroatoms. The first kappa shape index (κ1) is 12.5. The van der Waals surface area contributed by atoms with Crippen LogP contribution in [-0.4, -0.2) is 12.5 Å². The average Bonchev–Trinajstić information content (AvgIpc) is 2.22. The molecule has 0 saturated heterocycles. The molecule has 0 unspecified atom stereocenters. The standard InChI is InChI=1S/C11H12BrN3O/c1-2-14-9-4-3-8(12)7-10(9)15-11(16)5-6-13/h3-4,7,14H,2,5H2,1H3,(H,15,16). The Balaban J connectivity index is 2.88. The van der Waals surface area contributed by atoms with Crippen LogP contribution in [0, 0.1) is 11.3 Å². The lowest BCUT2D eigenvalue weighted by Gasteiger charge is -2.11. The van der Waals surface area contributed by atoms with Gasteiger partial charge in [0.25, 0.3) is 0 Å². The van der Waals surface area contributed by atoms with Gasteiger partial charge >= 0.3 is 0 Å². The minimum absolute atomic E-state index is 0.141. The summed E-state index contributed by atoms with van der Waals surface area (Å²) in [5.41, 5.74) is 1.52. The Bertz CT molecular complexity index is 426. The quantitative estimate of drug-likeness (QED) is 0.892. The van der Waals surface area contributed by atoms with Crippen molar-refractivity contribution in [2.24, 2.45) is 0 Å². The van der Waals surface area contributed by atoms with Crippen LogP contribution in [0.1, 0.15) is 13.3 Å². The maximum Gasteiger partial charge on any atom is 0.238 e. The fraction of sp³-hybridized carbons (Fsp3) is 0.273. The zero-order chi connectivity index (χ0) is 12.0. The second-order valence-electron chi connectivity index (χ2n) is 3.10. The third-order valence-electron chi connectivity index (χ3n) is 1.86. The van der Waals surface area contributed by atoms with Crippen molar-refractivity contribution in [1.29, 1.82) is 5.26 Å². The third kappa shape index (κ3) is 3.55. The summed E-state index contributed by atoms with van der Waals surface area (Å²) in [6.45, 7) is 2.74. The molecule has 0 spiro atoms. The lowest BCUT2D eigenvalue weighted by molar-refractivity contribution is -0.115. The number of hydrogen-bond acceptors (Lipinski definition) is 3. The summed E-state index contributed by atoms with van der Waals surface area (Å²) in [7, 11) is 0. The normalized spacial score (nSPS) is 9.31. The van der Waals surface area contributed by atoms with Gasteiger partial charge < -0.3 is 10.6 Å². The maximum atomic E-state index is 11.3. The second-order valence-corrected chi connectivity index (χ2v) is 4.02. The van der Waals surface area contributed by atoms with E-state index in [0.29, 0.717) is 5.69 Å². The molecule has 4 nitrogen and oxygen atoms in total. The maximum absolute atomic E-state index is 11.3. The highest BCUT2D eigenvalue weighted by molar-refractivity contribution is 9.10. The van der Waals surface area contributed by atoms with Gasteiger partial charge in [0, 0.05) is 11.0 Å². The summed E-state index contributed by atoms with van der Waals surface area (Å²) in [5.74, 6) is -0.306. The smallest absolute Gasteiger partial charge is 0.238 e. The number of amides is 1. The highest BCUT2D eigenvalue weighted by atomic mass is 79.9. The Morgan fingerprint density at radius 1 is 1.50 bits per heavy atom. The van der Waals surface area contributed by atoms with E-state index < -0.39 is 0 Å². The molecule has 0 radical (unpaired) electrons. The molecule has 16 heavy (non-hydrogen) atoms. The molecule has 0 aliphatic heterocycles. The molecule has 1 amide bonds. The van der Waals surface area contributed by atoms with Gasteiger partial charge in [0.1, 0.15) is 6.42 Å². The van der Waals surface area contributed by atoms with Crippen LogP contribution < -0.4 is 10.6 Å². The number of nitriles is 1. The topological polar surface area (TPSA) is 64.9 Å². The van der Waals surface area contributed by atoms with Gasteiger partial charge in [-0.05, 0) is 25.1 Å².